The van der Waals surface area contributed by atoms with Crippen LogP contribution in [0.2, 0.25) is 0 Å². The van der Waals surface area contributed by atoms with E-state index in [1.54, 1.807) is 0 Å². The molecule has 2 rings (SSSR count). The molecule has 0 saturated heterocycles. The maximum Gasteiger partial charge on any atom is 0.0378 e. The summed E-state index contributed by atoms with van der Waals surface area (Å²) in [5.41, 5.74) is 2.36. The molecule has 1 aliphatic rings. The highest BCUT2D eigenvalue weighted by Crippen LogP contribution is 2.32. The highest BCUT2D eigenvalue weighted by molar-refractivity contribution is 5.48. The van der Waals surface area contributed by atoms with Crippen molar-refractivity contribution in [3.8, 4) is 0 Å². The SMILES string of the molecule is Cc1cc(C=CCC2CC2)ccn1. The van der Waals surface area contributed by atoms with E-state index >= 15 is 0 Å². The van der Waals surface area contributed by atoms with Crippen molar-refractivity contribution >= 4 is 6.08 Å². The molecule has 1 aliphatic carbocycles. The quantitative estimate of drug-likeness (QED) is 0.684. The molecule has 0 N–H and O–H groups in total. The van der Waals surface area contributed by atoms with Crippen molar-refractivity contribution in [3.63, 3.8) is 0 Å². The van der Waals surface area contributed by atoms with Crippen LogP contribution in [0.5, 0.6) is 0 Å². The van der Waals surface area contributed by atoms with Gasteiger partial charge in [0, 0.05) is 11.9 Å². The summed E-state index contributed by atoms with van der Waals surface area (Å²) in [4.78, 5) is 4.16. The highest BCUT2D eigenvalue weighted by Gasteiger charge is 2.18. The summed E-state index contributed by atoms with van der Waals surface area (Å²) in [7, 11) is 0. The van der Waals surface area contributed by atoms with Crippen molar-refractivity contribution in [1.29, 1.82) is 0 Å². The third-order valence-corrected chi connectivity index (χ3v) is 2.40. The second-order valence-electron chi connectivity index (χ2n) is 3.81. The molecule has 1 aromatic rings. The van der Waals surface area contributed by atoms with Crippen LogP contribution in [0.25, 0.3) is 6.08 Å². The molecule has 0 spiro atoms. The number of pyridine rings is 1. The molecule has 13 heavy (non-hydrogen) atoms. The first-order chi connectivity index (χ1) is 6.34. The fourth-order valence-corrected chi connectivity index (χ4v) is 1.42. The molecule has 0 unspecified atom stereocenters. The first kappa shape index (κ1) is 8.49. The maximum absolute atomic E-state index is 4.16. The molecule has 1 aromatic heterocycles. The molecule has 1 fully saturated rings. The molecule has 1 saturated carbocycles. The van der Waals surface area contributed by atoms with Gasteiger partial charge in [-0.1, -0.05) is 12.2 Å². The van der Waals surface area contributed by atoms with Gasteiger partial charge < -0.3 is 0 Å². The molecule has 1 nitrogen and oxygen atoms in total. The van der Waals surface area contributed by atoms with E-state index in [1.165, 1.54) is 24.8 Å². The fourth-order valence-electron chi connectivity index (χ4n) is 1.42. The molecular formula is C12H15N. The fraction of sp³-hybridized carbons (Fsp3) is 0.417. The Morgan fingerprint density at radius 2 is 2.38 bits per heavy atom. The molecule has 68 valence electrons. The van der Waals surface area contributed by atoms with Gasteiger partial charge in [-0.3, -0.25) is 4.98 Å². The number of aryl methyl sites for hydroxylation is 1. The zero-order valence-corrected chi connectivity index (χ0v) is 8.03. The minimum atomic E-state index is 0.985. The Balaban J connectivity index is 1.95. The Bertz CT molecular complexity index is 311. The Morgan fingerprint density at radius 3 is 3.08 bits per heavy atom. The van der Waals surface area contributed by atoms with Crippen LogP contribution in [0.15, 0.2) is 24.4 Å². The highest BCUT2D eigenvalue weighted by atomic mass is 14.6. The van der Waals surface area contributed by atoms with Crippen LogP contribution in [0.1, 0.15) is 30.5 Å². The third kappa shape index (κ3) is 2.69. The normalized spacial score (nSPS) is 16.7. The molecular weight excluding hydrogens is 158 g/mol. The summed E-state index contributed by atoms with van der Waals surface area (Å²) in [6.45, 7) is 2.03. The monoisotopic (exact) mass is 173 g/mol. The van der Waals surface area contributed by atoms with Crippen molar-refractivity contribution in [3.05, 3.63) is 35.7 Å². The van der Waals surface area contributed by atoms with E-state index in [2.05, 4.69) is 29.3 Å². The van der Waals surface area contributed by atoms with E-state index in [0.29, 0.717) is 0 Å². The van der Waals surface area contributed by atoms with Gasteiger partial charge in [0.1, 0.15) is 0 Å². The van der Waals surface area contributed by atoms with Crippen LogP contribution in [0, 0.1) is 12.8 Å². The van der Waals surface area contributed by atoms with Gasteiger partial charge in [-0.05, 0) is 49.8 Å². The van der Waals surface area contributed by atoms with Crippen LogP contribution >= 0.6 is 0 Å². The Hall–Kier alpha value is -1.11. The van der Waals surface area contributed by atoms with E-state index in [1.807, 2.05) is 13.1 Å². The molecule has 0 aliphatic heterocycles. The molecule has 0 radical (unpaired) electrons. The van der Waals surface area contributed by atoms with Gasteiger partial charge >= 0.3 is 0 Å². The zero-order chi connectivity index (χ0) is 9.10. The Kier molecular flexibility index (Phi) is 2.44. The van der Waals surface area contributed by atoms with Crippen molar-refractivity contribution in [2.45, 2.75) is 26.2 Å². The molecule has 1 heteroatoms. The number of aromatic nitrogens is 1. The van der Waals surface area contributed by atoms with E-state index < -0.39 is 0 Å². The Morgan fingerprint density at radius 1 is 1.54 bits per heavy atom. The van der Waals surface area contributed by atoms with Gasteiger partial charge in [-0.15, -0.1) is 0 Å². The minimum Gasteiger partial charge on any atom is -0.262 e. The molecule has 0 amide bonds. The lowest BCUT2D eigenvalue weighted by Crippen LogP contribution is -1.80. The Labute approximate surface area is 79.5 Å². The zero-order valence-electron chi connectivity index (χ0n) is 8.03. The second kappa shape index (κ2) is 3.73. The van der Waals surface area contributed by atoms with Gasteiger partial charge in [0.25, 0.3) is 0 Å². The van der Waals surface area contributed by atoms with E-state index in [0.717, 1.165) is 11.6 Å². The van der Waals surface area contributed by atoms with Crippen molar-refractivity contribution in [2.24, 2.45) is 5.92 Å². The summed E-state index contributed by atoms with van der Waals surface area (Å²) in [5.74, 6) is 0.985. The van der Waals surface area contributed by atoms with Crippen LogP contribution in [-0.2, 0) is 0 Å². The minimum absolute atomic E-state index is 0.985. The lowest BCUT2D eigenvalue weighted by Gasteiger charge is -1.94. The summed E-state index contributed by atoms with van der Waals surface area (Å²) >= 11 is 0. The van der Waals surface area contributed by atoms with Gasteiger partial charge in [-0.25, -0.2) is 0 Å². The van der Waals surface area contributed by atoms with Crippen molar-refractivity contribution in [1.82, 2.24) is 4.98 Å². The smallest absolute Gasteiger partial charge is 0.0378 e. The van der Waals surface area contributed by atoms with Crippen LogP contribution in [0.4, 0.5) is 0 Å². The summed E-state index contributed by atoms with van der Waals surface area (Å²) in [6.07, 6.45) is 10.5. The van der Waals surface area contributed by atoms with Crippen LogP contribution < -0.4 is 0 Å². The third-order valence-electron chi connectivity index (χ3n) is 2.40. The predicted octanol–water partition coefficient (Wildman–Crippen LogP) is 3.20. The number of nitrogens with zero attached hydrogens (tertiary/aromatic N) is 1. The number of hydrogen-bond acceptors (Lipinski definition) is 1. The van der Waals surface area contributed by atoms with Gasteiger partial charge in [-0.2, -0.15) is 0 Å². The summed E-state index contributed by atoms with van der Waals surface area (Å²) < 4.78 is 0. The average Bonchev–Trinajstić information content (AvgIpc) is 2.88. The number of rotatable bonds is 3. The van der Waals surface area contributed by atoms with Gasteiger partial charge in [0.05, 0.1) is 0 Å². The second-order valence-corrected chi connectivity index (χ2v) is 3.81. The van der Waals surface area contributed by atoms with E-state index in [9.17, 15) is 0 Å². The predicted molar refractivity (Wildman–Crippen MR) is 55.3 cm³/mol. The summed E-state index contributed by atoms with van der Waals surface area (Å²) in [6, 6.07) is 4.17. The maximum atomic E-state index is 4.16. The number of allylic oxidation sites excluding steroid dienone is 1. The van der Waals surface area contributed by atoms with Gasteiger partial charge in [0.15, 0.2) is 0 Å². The van der Waals surface area contributed by atoms with E-state index in [4.69, 9.17) is 0 Å². The lowest BCUT2D eigenvalue weighted by molar-refractivity contribution is 0.866. The first-order valence-corrected chi connectivity index (χ1v) is 4.94. The number of hydrogen-bond donors (Lipinski definition) is 0. The average molecular weight is 173 g/mol. The molecule has 0 atom stereocenters. The van der Waals surface area contributed by atoms with E-state index in [-0.39, 0.29) is 0 Å². The van der Waals surface area contributed by atoms with Gasteiger partial charge in [0.2, 0.25) is 0 Å². The first-order valence-electron chi connectivity index (χ1n) is 4.94. The largest absolute Gasteiger partial charge is 0.262 e. The summed E-state index contributed by atoms with van der Waals surface area (Å²) in [5, 5.41) is 0. The van der Waals surface area contributed by atoms with Crippen LogP contribution in [-0.4, -0.2) is 4.98 Å². The molecule has 0 aromatic carbocycles. The van der Waals surface area contributed by atoms with Crippen molar-refractivity contribution in [2.75, 3.05) is 0 Å². The van der Waals surface area contributed by atoms with Crippen molar-refractivity contribution < 1.29 is 0 Å². The lowest BCUT2D eigenvalue weighted by atomic mass is 10.2. The van der Waals surface area contributed by atoms with Crippen LogP contribution in [0.3, 0.4) is 0 Å². The molecule has 0 bridgehead atoms. The molecule has 1 heterocycles. The topological polar surface area (TPSA) is 12.9 Å². The standard InChI is InChI=1S/C12H15N/c1-10-9-12(7-8-13-10)4-2-3-11-5-6-11/h2,4,7-9,11H,3,5-6H2,1H3.